The van der Waals surface area contributed by atoms with Gasteiger partial charge in [0.1, 0.15) is 5.82 Å². The summed E-state index contributed by atoms with van der Waals surface area (Å²) >= 11 is 0. The summed E-state index contributed by atoms with van der Waals surface area (Å²) < 4.78 is 0. The average Bonchev–Trinajstić information content (AvgIpc) is 2.80. The Morgan fingerprint density at radius 3 is 2.38 bits per heavy atom. The lowest BCUT2D eigenvalue weighted by molar-refractivity contribution is 0.102. The summed E-state index contributed by atoms with van der Waals surface area (Å²) in [6.45, 7) is 3.63. The van der Waals surface area contributed by atoms with E-state index in [-0.39, 0.29) is 5.91 Å². The molecule has 6 nitrogen and oxygen atoms in total. The summed E-state index contributed by atoms with van der Waals surface area (Å²) in [5.74, 6) is 0.633. The third kappa shape index (κ3) is 4.36. The number of para-hydroxylation sites is 1. The van der Waals surface area contributed by atoms with E-state index in [0.717, 1.165) is 32.0 Å². The van der Waals surface area contributed by atoms with Crippen molar-refractivity contribution in [1.82, 2.24) is 4.98 Å². The van der Waals surface area contributed by atoms with E-state index in [9.17, 15) is 4.79 Å². The van der Waals surface area contributed by atoms with Crippen molar-refractivity contribution in [2.75, 3.05) is 41.3 Å². The summed E-state index contributed by atoms with van der Waals surface area (Å²) in [5, 5.41) is 11.8. The molecule has 0 unspecified atom stereocenters. The number of nitrogens with zero attached hydrogens (tertiary/aromatic N) is 4. The Balaban J connectivity index is 1.37. The zero-order chi connectivity index (χ0) is 20.1. The first kappa shape index (κ1) is 18.5. The smallest absolute Gasteiger partial charge is 0.257 e. The number of pyridine rings is 1. The topological polar surface area (TPSA) is 72.3 Å². The summed E-state index contributed by atoms with van der Waals surface area (Å²) in [7, 11) is 0. The third-order valence-corrected chi connectivity index (χ3v) is 4.98. The first-order chi connectivity index (χ1) is 14.2. The van der Waals surface area contributed by atoms with Crippen molar-refractivity contribution >= 4 is 23.1 Å². The van der Waals surface area contributed by atoms with Gasteiger partial charge < -0.3 is 15.1 Å². The first-order valence-corrected chi connectivity index (χ1v) is 9.55. The van der Waals surface area contributed by atoms with Crippen LogP contribution in [-0.4, -0.2) is 37.1 Å². The molecule has 0 aliphatic carbocycles. The molecule has 1 aliphatic rings. The molecule has 0 spiro atoms. The van der Waals surface area contributed by atoms with Gasteiger partial charge in [0.2, 0.25) is 0 Å². The number of hydrogen-bond donors (Lipinski definition) is 1. The summed E-state index contributed by atoms with van der Waals surface area (Å²) in [4.78, 5) is 21.5. The van der Waals surface area contributed by atoms with Crippen molar-refractivity contribution < 1.29 is 4.79 Å². The van der Waals surface area contributed by atoms with Crippen LogP contribution in [0.4, 0.5) is 17.2 Å². The number of hydrogen-bond acceptors (Lipinski definition) is 5. The van der Waals surface area contributed by atoms with E-state index in [1.54, 1.807) is 36.5 Å². The maximum atomic E-state index is 12.4. The predicted molar refractivity (Wildman–Crippen MR) is 114 cm³/mol. The van der Waals surface area contributed by atoms with Crippen molar-refractivity contribution in [3.63, 3.8) is 0 Å². The molecule has 1 saturated heterocycles. The van der Waals surface area contributed by atoms with E-state index in [2.05, 4.69) is 50.4 Å². The van der Waals surface area contributed by atoms with Gasteiger partial charge in [-0.2, -0.15) is 5.26 Å². The Bertz CT molecular complexity index is 1020. The van der Waals surface area contributed by atoms with Gasteiger partial charge in [0.25, 0.3) is 5.91 Å². The SMILES string of the molecule is N#Cc1cccc(NC(=O)c2ccc(N3CCN(c4ccccc4)CC3)nc2)c1. The number of anilines is 3. The first-order valence-electron chi connectivity index (χ1n) is 9.55. The standard InChI is InChI=1S/C23H21N5O/c24-16-18-5-4-6-20(15-18)26-23(29)19-9-10-22(25-17-19)28-13-11-27(12-14-28)21-7-2-1-3-8-21/h1-10,15,17H,11-14H2,(H,26,29). The molecule has 144 valence electrons. The molecule has 0 bridgehead atoms. The van der Waals surface area contributed by atoms with Crippen LogP contribution in [0.3, 0.4) is 0 Å². The van der Waals surface area contributed by atoms with Gasteiger partial charge in [-0.15, -0.1) is 0 Å². The molecule has 1 amide bonds. The second-order valence-electron chi connectivity index (χ2n) is 6.86. The van der Waals surface area contributed by atoms with E-state index >= 15 is 0 Å². The number of rotatable bonds is 4. The van der Waals surface area contributed by atoms with E-state index in [0.29, 0.717) is 16.8 Å². The third-order valence-electron chi connectivity index (χ3n) is 4.98. The van der Waals surface area contributed by atoms with E-state index in [1.807, 2.05) is 12.1 Å². The van der Waals surface area contributed by atoms with Crippen LogP contribution < -0.4 is 15.1 Å². The fourth-order valence-corrected chi connectivity index (χ4v) is 3.41. The lowest BCUT2D eigenvalue weighted by Crippen LogP contribution is -2.46. The molecule has 0 saturated carbocycles. The maximum Gasteiger partial charge on any atom is 0.257 e. The van der Waals surface area contributed by atoms with Crippen molar-refractivity contribution in [2.45, 2.75) is 0 Å². The van der Waals surface area contributed by atoms with Crippen LogP contribution in [0.1, 0.15) is 15.9 Å². The highest BCUT2D eigenvalue weighted by atomic mass is 16.1. The van der Waals surface area contributed by atoms with E-state index in [4.69, 9.17) is 5.26 Å². The number of benzene rings is 2. The number of nitriles is 1. The summed E-state index contributed by atoms with van der Waals surface area (Å²) in [6.07, 6.45) is 1.60. The summed E-state index contributed by atoms with van der Waals surface area (Å²) in [5.41, 5.74) is 2.83. The minimum Gasteiger partial charge on any atom is -0.368 e. The Kier molecular flexibility index (Phi) is 5.39. The lowest BCUT2D eigenvalue weighted by atomic mass is 10.2. The van der Waals surface area contributed by atoms with Gasteiger partial charge >= 0.3 is 0 Å². The highest BCUT2D eigenvalue weighted by Gasteiger charge is 2.18. The largest absolute Gasteiger partial charge is 0.368 e. The van der Waals surface area contributed by atoms with E-state index in [1.165, 1.54) is 5.69 Å². The minimum absolute atomic E-state index is 0.243. The fourth-order valence-electron chi connectivity index (χ4n) is 3.41. The zero-order valence-corrected chi connectivity index (χ0v) is 16.0. The fraction of sp³-hybridized carbons (Fsp3) is 0.174. The maximum absolute atomic E-state index is 12.4. The van der Waals surface area contributed by atoms with E-state index < -0.39 is 0 Å². The molecular weight excluding hydrogens is 362 g/mol. The van der Waals surface area contributed by atoms with Crippen molar-refractivity contribution in [2.24, 2.45) is 0 Å². The van der Waals surface area contributed by atoms with Gasteiger partial charge in [0.15, 0.2) is 0 Å². The Morgan fingerprint density at radius 1 is 0.931 bits per heavy atom. The lowest BCUT2D eigenvalue weighted by Gasteiger charge is -2.36. The van der Waals surface area contributed by atoms with Crippen LogP contribution in [0.2, 0.25) is 0 Å². The van der Waals surface area contributed by atoms with Gasteiger partial charge in [-0.25, -0.2) is 4.98 Å². The number of aromatic nitrogens is 1. The molecule has 6 heteroatoms. The number of nitrogens with one attached hydrogen (secondary N) is 1. The molecule has 0 radical (unpaired) electrons. The molecule has 1 fully saturated rings. The summed E-state index contributed by atoms with van der Waals surface area (Å²) in [6, 6.07) is 23.0. The highest BCUT2D eigenvalue weighted by Crippen LogP contribution is 2.19. The minimum atomic E-state index is -0.243. The second kappa shape index (κ2) is 8.44. The quantitative estimate of drug-likeness (QED) is 0.746. The van der Waals surface area contributed by atoms with Crippen LogP contribution in [0.5, 0.6) is 0 Å². The number of carbonyl (C=O) groups is 1. The number of carbonyl (C=O) groups excluding carboxylic acids is 1. The van der Waals surface area contributed by atoms with Gasteiger partial charge in [0, 0.05) is 43.8 Å². The van der Waals surface area contributed by atoms with Gasteiger partial charge in [-0.05, 0) is 42.5 Å². The van der Waals surface area contributed by atoms with Gasteiger partial charge in [0.05, 0.1) is 17.2 Å². The Hall–Kier alpha value is -3.85. The number of piperazine rings is 1. The molecule has 1 aromatic heterocycles. The second-order valence-corrected chi connectivity index (χ2v) is 6.86. The molecule has 1 N–H and O–H groups in total. The molecule has 29 heavy (non-hydrogen) atoms. The number of amides is 1. The normalized spacial score (nSPS) is 13.6. The molecule has 3 aromatic rings. The zero-order valence-electron chi connectivity index (χ0n) is 16.0. The predicted octanol–water partition coefficient (Wildman–Crippen LogP) is 3.53. The van der Waals surface area contributed by atoms with Crippen LogP contribution in [-0.2, 0) is 0 Å². The van der Waals surface area contributed by atoms with Crippen molar-refractivity contribution in [1.29, 1.82) is 5.26 Å². The average molecular weight is 383 g/mol. The monoisotopic (exact) mass is 383 g/mol. The molecular formula is C23H21N5O. The van der Waals surface area contributed by atoms with Crippen LogP contribution in [0.25, 0.3) is 0 Å². The van der Waals surface area contributed by atoms with Gasteiger partial charge in [-0.1, -0.05) is 24.3 Å². The Labute approximate surface area is 170 Å². The Morgan fingerprint density at radius 2 is 1.69 bits per heavy atom. The molecule has 2 heterocycles. The highest BCUT2D eigenvalue weighted by molar-refractivity contribution is 6.04. The molecule has 1 aliphatic heterocycles. The van der Waals surface area contributed by atoms with Crippen molar-refractivity contribution in [3.8, 4) is 6.07 Å². The van der Waals surface area contributed by atoms with Crippen LogP contribution in [0.15, 0.2) is 72.9 Å². The molecule has 0 atom stereocenters. The van der Waals surface area contributed by atoms with Crippen LogP contribution >= 0.6 is 0 Å². The van der Waals surface area contributed by atoms with Crippen LogP contribution in [0, 0.1) is 11.3 Å². The van der Waals surface area contributed by atoms with Gasteiger partial charge in [-0.3, -0.25) is 4.79 Å². The molecule has 2 aromatic carbocycles. The molecule has 4 rings (SSSR count). The van der Waals surface area contributed by atoms with Crippen molar-refractivity contribution in [3.05, 3.63) is 84.1 Å².